The van der Waals surface area contributed by atoms with Gasteiger partial charge in [0.25, 0.3) is 5.69 Å². The molecule has 6 heteroatoms. The highest BCUT2D eigenvalue weighted by atomic mass is 16.6. The van der Waals surface area contributed by atoms with Gasteiger partial charge in [-0.05, 0) is 37.0 Å². The fraction of sp³-hybridized carbons (Fsp3) is 0.278. The van der Waals surface area contributed by atoms with Crippen molar-refractivity contribution in [2.45, 2.75) is 19.3 Å². The molecule has 6 nitrogen and oxygen atoms in total. The lowest BCUT2D eigenvalue weighted by Crippen LogP contribution is -2.15. The predicted octanol–water partition coefficient (Wildman–Crippen LogP) is 3.74. The second-order valence-corrected chi connectivity index (χ2v) is 5.72. The molecule has 3 rings (SSSR count). The summed E-state index contributed by atoms with van der Waals surface area (Å²) in [6.07, 6.45) is 0.765. The van der Waals surface area contributed by atoms with Crippen LogP contribution in [0.4, 0.5) is 11.4 Å². The van der Waals surface area contributed by atoms with E-state index < -0.39 is 4.92 Å². The third-order valence-electron chi connectivity index (χ3n) is 4.09. The van der Waals surface area contributed by atoms with E-state index in [1.165, 1.54) is 12.1 Å². The van der Waals surface area contributed by atoms with Crippen LogP contribution in [-0.4, -0.2) is 17.4 Å². The van der Waals surface area contributed by atoms with Gasteiger partial charge in [-0.3, -0.25) is 14.9 Å². The molecule has 1 saturated carbocycles. The van der Waals surface area contributed by atoms with Crippen LogP contribution in [0.5, 0.6) is 5.75 Å². The molecule has 0 radical (unpaired) electrons. The van der Waals surface area contributed by atoms with E-state index in [2.05, 4.69) is 5.32 Å². The molecule has 1 aliphatic carbocycles. The van der Waals surface area contributed by atoms with Gasteiger partial charge in [-0.2, -0.15) is 0 Å². The quantitative estimate of drug-likeness (QED) is 0.647. The molecule has 2 aromatic rings. The lowest BCUT2D eigenvalue weighted by Gasteiger charge is -2.08. The van der Waals surface area contributed by atoms with Crippen LogP contribution in [0.3, 0.4) is 0 Å². The minimum atomic E-state index is -0.514. The van der Waals surface area contributed by atoms with Crippen LogP contribution >= 0.6 is 0 Å². The second-order valence-electron chi connectivity index (χ2n) is 5.72. The number of carbonyl (C=O) groups is 1. The van der Waals surface area contributed by atoms with Crippen molar-refractivity contribution in [1.82, 2.24) is 0 Å². The number of nitro groups is 1. The summed E-state index contributed by atoms with van der Waals surface area (Å²) in [5.41, 5.74) is 1.16. The van der Waals surface area contributed by atoms with E-state index in [9.17, 15) is 14.9 Å². The minimum absolute atomic E-state index is 0.140. The molecular weight excluding hydrogens is 308 g/mol. The van der Waals surface area contributed by atoms with Crippen LogP contribution in [0.25, 0.3) is 0 Å². The maximum atomic E-state index is 12.4. The number of hydrogen-bond donors (Lipinski definition) is 1. The van der Waals surface area contributed by atoms with Gasteiger partial charge in [0.15, 0.2) is 0 Å². The summed E-state index contributed by atoms with van der Waals surface area (Å²) < 4.78 is 5.27. The molecule has 1 amide bonds. The van der Waals surface area contributed by atoms with Gasteiger partial charge >= 0.3 is 0 Å². The monoisotopic (exact) mass is 326 g/mol. The van der Waals surface area contributed by atoms with E-state index in [0.717, 1.165) is 12.0 Å². The summed E-state index contributed by atoms with van der Waals surface area (Å²) in [4.78, 5) is 23.1. The zero-order valence-electron chi connectivity index (χ0n) is 13.3. The van der Waals surface area contributed by atoms with Gasteiger partial charge < -0.3 is 10.1 Å². The third kappa shape index (κ3) is 3.37. The number of hydrogen-bond acceptors (Lipinski definition) is 4. The molecule has 124 valence electrons. The Morgan fingerprint density at radius 2 is 2.04 bits per heavy atom. The molecule has 0 heterocycles. The lowest BCUT2D eigenvalue weighted by molar-refractivity contribution is -0.384. The van der Waals surface area contributed by atoms with Crippen molar-refractivity contribution in [3.63, 3.8) is 0 Å². The fourth-order valence-electron chi connectivity index (χ4n) is 2.80. The highest BCUT2D eigenvalue weighted by Gasteiger charge is 2.44. The number of nitrogens with zero attached hydrogens (tertiary/aromatic N) is 1. The summed E-state index contributed by atoms with van der Waals surface area (Å²) in [6, 6.07) is 14.3. The summed E-state index contributed by atoms with van der Waals surface area (Å²) in [6.45, 7) is 2.22. The summed E-state index contributed by atoms with van der Waals surface area (Å²) >= 11 is 0. The molecule has 24 heavy (non-hydrogen) atoms. The summed E-state index contributed by atoms with van der Waals surface area (Å²) in [7, 11) is 0. The van der Waals surface area contributed by atoms with Crippen molar-refractivity contribution in [3.8, 4) is 5.75 Å². The van der Waals surface area contributed by atoms with Crippen LogP contribution in [0.2, 0.25) is 0 Å². The number of carbonyl (C=O) groups excluding carboxylic acids is 1. The molecule has 0 spiro atoms. The molecule has 1 aliphatic rings. The zero-order valence-corrected chi connectivity index (χ0v) is 13.3. The molecule has 1 fully saturated rings. The van der Waals surface area contributed by atoms with E-state index >= 15 is 0 Å². The molecule has 2 aromatic carbocycles. The number of amides is 1. The standard InChI is InChI=1S/C18H18N2O4/c1-2-24-13-8-9-16(17(10-13)20(22)23)19-18(21)15-11-14(15)12-6-4-3-5-7-12/h3-10,14-15H,2,11H2,1H3,(H,19,21)/t14-,15-/m1/s1. The Kier molecular flexibility index (Phi) is 4.46. The van der Waals surface area contributed by atoms with E-state index in [4.69, 9.17) is 4.74 Å². The molecular formula is C18H18N2O4. The SMILES string of the molecule is CCOc1ccc(NC(=O)[C@@H]2C[C@@H]2c2ccccc2)c([N+](=O)[O-])c1. The highest BCUT2D eigenvalue weighted by Crippen LogP contribution is 2.48. The number of benzene rings is 2. The van der Waals surface area contributed by atoms with Gasteiger partial charge in [0.2, 0.25) is 5.91 Å². The first-order valence-electron chi connectivity index (χ1n) is 7.87. The molecule has 1 N–H and O–H groups in total. The van der Waals surface area contributed by atoms with Crippen LogP contribution in [0.15, 0.2) is 48.5 Å². The van der Waals surface area contributed by atoms with Gasteiger partial charge in [0, 0.05) is 5.92 Å². The lowest BCUT2D eigenvalue weighted by atomic mass is 10.1. The Balaban J connectivity index is 1.72. The van der Waals surface area contributed by atoms with Crippen molar-refractivity contribution < 1.29 is 14.5 Å². The van der Waals surface area contributed by atoms with Gasteiger partial charge in [-0.1, -0.05) is 30.3 Å². The van der Waals surface area contributed by atoms with Gasteiger partial charge in [0.05, 0.1) is 17.6 Å². The topological polar surface area (TPSA) is 81.5 Å². The van der Waals surface area contributed by atoms with E-state index in [-0.39, 0.29) is 29.1 Å². The zero-order chi connectivity index (χ0) is 17.1. The van der Waals surface area contributed by atoms with Gasteiger partial charge in [-0.15, -0.1) is 0 Å². The molecule has 2 atom stereocenters. The Labute approximate surface area is 139 Å². The van der Waals surface area contributed by atoms with E-state index in [0.29, 0.717) is 12.4 Å². The molecule has 0 bridgehead atoms. The number of nitrogens with one attached hydrogen (secondary N) is 1. The molecule has 0 saturated heterocycles. The fourth-order valence-corrected chi connectivity index (χ4v) is 2.80. The highest BCUT2D eigenvalue weighted by molar-refractivity contribution is 5.97. The maximum absolute atomic E-state index is 12.4. The van der Waals surface area contributed by atoms with Crippen molar-refractivity contribution in [2.24, 2.45) is 5.92 Å². The normalized spacial score (nSPS) is 18.7. The Morgan fingerprint density at radius 3 is 2.71 bits per heavy atom. The first-order chi connectivity index (χ1) is 11.6. The first-order valence-corrected chi connectivity index (χ1v) is 7.87. The minimum Gasteiger partial charge on any atom is -0.494 e. The number of anilines is 1. The Morgan fingerprint density at radius 1 is 1.29 bits per heavy atom. The van der Waals surface area contributed by atoms with Gasteiger partial charge in [0.1, 0.15) is 11.4 Å². The van der Waals surface area contributed by atoms with Crippen molar-refractivity contribution in [1.29, 1.82) is 0 Å². The Bertz CT molecular complexity index is 761. The summed E-state index contributed by atoms with van der Waals surface area (Å²) in [5, 5.41) is 13.9. The predicted molar refractivity (Wildman–Crippen MR) is 90.2 cm³/mol. The molecule has 0 unspecified atom stereocenters. The molecule has 0 aliphatic heterocycles. The second kappa shape index (κ2) is 6.70. The van der Waals surface area contributed by atoms with E-state index in [1.807, 2.05) is 30.3 Å². The van der Waals surface area contributed by atoms with Crippen LogP contribution in [0, 0.1) is 16.0 Å². The third-order valence-corrected chi connectivity index (χ3v) is 4.09. The largest absolute Gasteiger partial charge is 0.494 e. The van der Waals surface area contributed by atoms with E-state index in [1.54, 1.807) is 13.0 Å². The van der Waals surface area contributed by atoms with Crippen LogP contribution < -0.4 is 10.1 Å². The van der Waals surface area contributed by atoms with Gasteiger partial charge in [-0.25, -0.2) is 0 Å². The summed E-state index contributed by atoms with van der Waals surface area (Å²) in [5.74, 6) is 0.276. The van der Waals surface area contributed by atoms with Crippen molar-refractivity contribution in [3.05, 3.63) is 64.2 Å². The molecule has 0 aromatic heterocycles. The first kappa shape index (κ1) is 16.0. The smallest absolute Gasteiger partial charge is 0.296 e. The Hall–Kier alpha value is -2.89. The maximum Gasteiger partial charge on any atom is 0.296 e. The van der Waals surface area contributed by atoms with Crippen LogP contribution in [0.1, 0.15) is 24.8 Å². The average Bonchev–Trinajstić information content (AvgIpc) is 3.38. The van der Waals surface area contributed by atoms with Crippen LogP contribution in [-0.2, 0) is 4.79 Å². The number of ether oxygens (including phenoxy) is 1. The van der Waals surface area contributed by atoms with Crippen molar-refractivity contribution >= 4 is 17.3 Å². The van der Waals surface area contributed by atoms with Crippen molar-refractivity contribution in [2.75, 3.05) is 11.9 Å². The number of nitro benzene ring substituents is 1. The number of rotatable bonds is 6. The average molecular weight is 326 g/mol.